The molecule has 1 saturated heterocycles. The molecular weight excluding hydrogens is 290 g/mol. The van der Waals surface area contributed by atoms with Crippen molar-refractivity contribution < 1.29 is 9.63 Å². The van der Waals surface area contributed by atoms with E-state index < -0.39 is 0 Å². The van der Waals surface area contributed by atoms with Crippen LogP contribution in [0.4, 0.5) is 0 Å². The first-order valence-corrected chi connectivity index (χ1v) is 8.30. The summed E-state index contributed by atoms with van der Waals surface area (Å²) in [7, 11) is 1.62. The third-order valence-electron chi connectivity index (χ3n) is 4.78. The average molecular weight is 315 g/mol. The van der Waals surface area contributed by atoms with Gasteiger partial charge >= 0.3 is 0 Å². The molecule has 1 fully saturated rings. The van der Waals surface area contributed by atoms with Crippen LogP contribution in [0, 0.1) is 0 Å². The predicted octanol–water partition coefficient (Wildman–Crippen LogP) is 2.28. The Morgan fingerprint density at radius 2 is 2.13 bits per heavy atom. The summed E-state index contributed by atoms with van der Waals surface area (Å²) >= 11 is 0. The minimum atomic E-state index is -0.306. The molecule has 124 valence electrons. The summed E-state index contributed by atoms with van der Waals surface area (Å²) in [5.74, 6) is 0.427. The Balaban J connectivity index is 1.57. The van der Waals surface area contributed by atoms with Crippen LogP contribution >= 0.6 is 0 Å². The molecule has 0 bridgehead atoms. The van der Waals surface area contributed by atoms with E-state index >= 15 is 0 Å². The van der Waals surface area contributed by atoms with Crippen LogP contribution in [0.25, 0.3) is 0 Å². The van der Waals surface area contributed by atoms with Gasteiger partial charge in [0.15, 0.2) is 5.60 Å². The van der Waals surface area contributed by atoms with Crippen molar-refractivity contribution >= 4 is 11.6 Å². The van der Waals surface area contributed by atoms with E-state index in [0.29, 0.717) is 18.1 Å². The number of nitrogens with zero attached hydrogens (tertiary/aromatic N) is 2. The van der Waals surface area contributed by atoms with Crippen molar-refractivity contribution in [3.8, 4) is 0 Å². The summed E-state index contributed by atoms with van der Waals surface area (Å²) in [5.41, 5.74) is 2.89. The van der Waals surface area contributed by atoms with Crippen LogP contribution in [0.2, 0.25) is 0 Å². The first-order chi connectivity index (χ1) is 11.0. The highest BCUT2D eigenvalue weighted by molar-refractivity contribution is 6.39. The Morgan fingerprint density at radius 3 is 2.78 bits per heavy atom. The van der Waals surface area contributed by atoms with Crippen LogP contribution < -0.4 is 5.32 Å². The van der Waals surface area contributed by atoms with Gasteiger partial charge in [-0.1, -0.05) is 43.3 Å². The number of nitrogens with one attached hydrogen (secondary N) is 1. The van der Waals surface area contributed by atoms with Crippen molar-refractivity contribution in [2.24, 2.45) is 5.16 Å². The molecule has 5 heteroatoms. The zero-order valence-electron chi connectivity index (χ0n) is 14.1. The molecule has 1 spiro atoms. The normalized spacial score (nSPS) is 24.1. The van der Waals surface area contributed by atoms with E-state index in [0.717, 1.165) is 26.1 Å². The van der Waals surface area contributed by atoms with Gasteiger partial charge in [-0.3, -0.25) is 9.69 Å². The van der Waals surface area contributed by atoms with Crippen molar-refractivity contribution in [3.63, 3.8) is 0 Å². The number of benzene rings is 1. The van der Waals surface area contributed by atoms with Crippen LogP contribution in [-0.2, 0) is 16.2 Å². The highest BCUT2D eigenvalue weighted by Crippen LogP contribution is 2.34. The van der Waals surface area contributed by atoms with Crippen molar-refractivity contribution in [2.45, 2.75) is 44.8 Å². The van der Waals surface area contributed by atoms with Crippen LogP contribution in [0.1, 0.15) is 43.7 Å². The van der Waals surface area contributed by atoms with E-state index in [2.05, 4.69) is 53.5 Å². The molecule has 1 aromatic carbocycles. The van der Waals surface area contributed by atoms with Gasteiger partial charge in [0.1, 0.15) is 5.71 Å². The molecule has 1 atom stereocenters. The number of oxime groups is 1. The molecular formula is C18H25N3O2. The van der Waals surface area contributed by atoms with Gasteiger partial charge in [-0.15, -0.1) is 0 Å². The van der Waals surface area contributed by atoms with Gasteiger partial charge < -0.3 is 10.2 Å². The molecule has 0 saturated carbocycles. The first-order valence-electron chi connectivity index (χ1n) is 8.30. The second kappa shape index (κ2) is 6.32. The molecule has 23 heavy (non-hydrogen) atoms. The minimum absolute atomic E-state index is 0.135. The Bertz CT molecular complexity index is 609. The lowest BCUT2D eigenvalue weighted by atomic mass is 9.96. The maximum absolute atomic E-state index is 11.7. The summed E-state index contributed by atoms with van der Waals surface area (Å²) in [6, 6.07) is 8.85. The molecule has 2 aliphatic heterocycles. The summed E-state index contributed by atoms with van der Waals surface area (Å²) in [6.45, 7) is 7.13. The summed E-state index contributed by atoms with van der Waals surface area (Å²) in [6.07, 6.45) is 1.52. The Labute approximate surface area is 137 Å². The van der Waals surface area contributed by atoms with Crippen molar-refractivity contribution in [1.29, 1.82) is 0 Å². The van der Waals surface area contributed by atoms with Gasteiger partial charge in [0.05, 0.1) is 0 Å². The quantitative estimate of drug-likeness (QED) is 0.927. The topological polar surface area (TPSA) is 53.9 Å². The zero-order valence-corrected chi connectivity index (χ0v) is 14.1. The second-order valence-electron chi connectivity index (χ2n) is 6.93. The van der Waals surface area contributed by atoms with Crippen LogP contribution in [-0.4, -0.2) is 42.3 Å². The van der Waals surface area contributed by atoms with Gasteiger partial charge in [0.25, 0.3) is 5.91 Å². The largest absolute Gasteiger partial charge is 0.387 e. The Hall–Kier alpha value is -1.88. The number of likely N-dealkylation sites (tertiary alicyclic amines) is 1. The van der Waals surface area contributed by atoms with Crippen molar-refractivity contribution in [3.05, 3.63) is 35.4 Å². The molecule has 1 amide bonds. The van der Waals surface area contributed by atoms with Crippen molar-refractivity contribution in [2.75, 3.05) is 20.1 Å². The molecule has 1 aromatic rings. The van der Waals surface area contributed by atoms with Crippen LogP contribution in [0.15, 0.2) is 29.4 Å². The maximum atomic E-state index is 11.7. The fourth-order valence-electron chi connectivity index (χ4n) is 3.34. The number of carbonyl (C=O) groups excluding carboxylic acids is 1. The second-order valence-corrected chi connectivity index (χ2v) is 6.93. The van der Waals surface area contributed by atoms with E-state index in [4.69, 9.17) is 4.84 Å². The maximum Gasteiger partial charge on any atom is 0.268 e. The fraction of sp³-hybridized carbons (Fsp3) is 0.556. The van der Waals surface area contributed by atoms with Gasteiger partial charge in [-0.2, -0.15) is 0 Å². The predicted molar refractivity (Wildman–Crippen MR) is 90.4 cm³/mol. The van der Waals surface area contributed by atoms with Crippen LogP contribution in [0.5, 0.6) is 0 Å². The molecule has 2 heterocycles. The molecule has 0 unspecified atom stereocenters. The van der Waals surface area contributed by atoms with E-state index in [1.54, 1.807) is 7.05 Å². The SMILES string of the molecule is CNC(=O)C1=NO[C@@]2(CCN(Cc3ccc(C(C)C)cc3)C2)C1. The average Bonchev–Trinajstić information content (AvgIpc) is 3.14. The van der Waals surface area contributed by atoms with E-state index in [1.165, 1.54) is 11.1 Å². The number of rotatable bonds is 4. The highest BCUT2D eigenvalue weighted by Gasteiger charge is 2.46. The third-order valence-corrected chi connectivity index (χ3v) is 4.78. The molecule has 1 N–H and O–H groups in total. The minimum Gasteiger partial charge on any atom is -0.387 e. The molecule has 0 radical (unpaired) electrons. The van der Waals surface area contributed by atoms with Gasteiger partial charge in [0.2, 0.25) is 0 Å². The fourth-order valence-corrected chi connectivity index (χ4v) is 3.34. The molecule has 2 aliphatic rings. The molecule has 3 rings (SSSR count). The summed E-state index contributed by atoms with van der Waals surface area (Å²) < 4.78 is 0. The monoisotopic (exact) mass is 315 g/mol. The number of hydrogen-bond acceptors (Lipinski definition) is 4. The zero-order chi connectivity index (χ0) is 16.4. The van der Waals surface area contributed by atoms with Gasteiger partial charge in [0, 0.05) is 39.5 Å². The lowest BCUT2D eigenvalue weighted by Gasteiger charge is -2.21. The van der Waals surface area contributed by atoms with Gasteiger partial charge in [-0.25, -0.2) is 0 Å². The van der Waals surface area contributed by atoms with Crippen molar-refractivity contribution in [1.82, 2.24) is 10.2 Å². The summed E-state index contributed by atoms with van der Waals surface area (Å²) in [4.78, 5) is 19.7. The number of hydrogen-bond donors (Lipinski definition) is 1. The smallest absolute Gasteiger partial charge is 0.268 e. The third kappa shape index (κ3) is 3.39. The Kier molecular flexibility index (Phi) is 4.39. The van der Waals surface area contributed by atoms with E-state index in [9.17, 15) is 4.79 Å². The molecule has 0 aromatic heterocycles. The highest BCUT2D eigenvalue weighted by atomic mass is 16.7. The Morgan fingerprint density at radius 1 is 1.39 bits per heavy atom. The molecule has 5 nitrogen and oxygen atoms in total. The summed E-state index contributed by atoms with van der Waals surface area (Å²) in [5, 5.41) is 6.61. The van der Waals surface area contributed by atoms with E-state index in [-0.39, 0.29) is 11.5 Å². The lowest BCUT2D eigenvalue weighted by molar-refractivity contribution is -0.114. The molecule has 0 aliphatic carbocycles. The number of carbonyl (C=O) groups is 1. The number of amides is 1. The van der Waals surface area contributed by atoms with Crippen LogP contribution in [0.3, 0.4) is 0 Å². The standard InChI is InChI=1S/C18H25N3O2/c1-13(2)15-6-4-14(5-7-15)11-21-9-8-18(12-21)10-16(20-23-18)17(22)19-3/h4-7,13H,8-12H2,1-3H3,(H,19,22)/t18-/m0/s1. The van der Waals surface area contributed by atoms with Gasteiger partial charge in [-0.05, 0) is 17.0 Å². The van der Waals surface area contributed by atoms with E-state index in [1.807, 2.05) is 0 Å². The first kappa shape index (κ1) is 16.0. The lowest BCUT2D eigenvalue weighted by Crippen LogP contribution is -2.36.